The number of fused-ring (bicyclic) bond motifs is 1. The Kier molecular flexibility index (Phi) is 4.23. The van der Waals surface area contributed by atoms with Gasteiger partial charge in [0.25, 0.3) is 0 Å². The van der Waals surface area contributed by atoms with Crippen LogP contribution in [0.4, 0.5) is 0 Å². The van der Waals surface area contributed by atoms with Crippen LogP contribution in [0, 0.1) is 0 Å². The summed E-state index contributed by atoms with van der Waals surface area (Å²) in [6, 6.07) is 5.91. The zero-order valence-corrected chi connectivity index (χ0v) is 11.9. The highest BCUT2D eigenvalue weighted by Gasteiger charge is 2.30. The molecule has 21 heavy (non-hydrogen) atoms. The van der Waals surface area contributed by atoms with Crippen molar-refractivity contribution < 1.29 is 14.3 Å². The van der Waals surface area contributed by atoms with Gasteiger partial charge in [0.15, 0.2) is 11.5 Å². The second kappa shape index (κ2) is 6.30. The van der Waals surface area contributed by atoms with Crippen molar-refractivity contribution in [3.63, 3.8) is 0 Å². The third kappa shape index (κ3) is 3.10. The van der Waals surface area contributed by atoms with Gasteiger partial charge in [-0.3, -0.25) is 10.2 Å². The van der Waals surface area contributed by atoms with Crippen LogP contribution in [-0.4, -0.2) is 39.0 Å². The smallest absolute Gasteiger partial charge is 0.231 e. The summed E-state index contributed by atoms with van der Waals surface area (Å²) in [5.41, 5.74) is 7.31. The molecule has 3 rings (SSSR count). The molecule has 2 atom stereocenters. The minimum Gasteiger partial charge on any atom is -0.454 e. The number of carbonyl (C=O) groups excluding carboxylic acids is 1. The van der Waals surface area contributed by atoms with Gasteiger partial charge in [-0.15, -0.1) is 0 Å². The molecule has 2 heterocycles. The zero-order valence-electron chi connectivity index (χ0n) is 11.9. The highest BCUT2D eigenvalue weighted by atomic mass is 16.7. The molecule has 0 bridgehead atoms. The summed E-state index contributed by atoms with van der Waals surface area (Å²) in [5.74, 6) is 1.71. The molecule has 1 aromatic rings. The Hall–Kier alpha value is -1.83. The lowest BCUT2D eigenvalue weighted by Crippen LogP contribution is -2.46. The van der Waals surface area contributed by atoms with E-state index < -0.39 is 0 Å². The van der Waals surface area contributed by atoms with Gasteiger partial charge in [0.1, 0.15) is 6.17 Å². The first-order valence-corrected chi connectivity index (χ1v) is 7.10. The summed E-state index contributed by atoms with van der Waals surface area (Å²) in [4.78, 5) is 11.9. The van der Waals surface area contributed by atoms with Crippen molar-refractivity contribution in [1.82, 2.24) is 21.5 Å². The van der Waals surface area contributed by atoms with Gasteiger partial charge in [-0.2, -0.15) is 0 Å². The maximum Gasteiger partial charge on any atom is 0.231 e. The molecule has 0 aromatic heterocycles. The lowest BCUT2D eigenvalue weighted by atomic mass is 9.97. The van der Waals surface area contributed by atoms with Crippen LogP contribution in [0.5, 0.6) is 11.5 Å². The van der Waals surface area contributed by atoms with Crippen LogP contribution in [-0.2, 0) is 4.79 Å². The quantitative estimate of drug-likeness (QED) is 0.594. The molecule has 2 aliphatic rings. The Labute approximate surface area is 123 Å². The van der Waals surface area contributed by atoms with Crippen molar-refractivity contribution in [3.8, 4) is 11.5 Å². The lowest BCUT2D eigenvalue weighted by Gasteiger charge is -2.20. The van der Waals surface area contributed by atoms with Crippen molar-refractivity contribution in [2.75, 3.05) is 26.9 Å². The van der Waals surface area contributed by atoms with Gasteiger partial charge in [0.05, 0.1) is 0 Å². The maximum atomic E-state index is 11.9. The molecule has 4 N–H and O–H groups in total. The average molecular weight is 292 g/mol. The van der Waals surface area contributed by atoms with Crippen LogP contribution in [0.1, 0.15) is 17.9 Å². The van der Waals surface area contributed by atoms with Crippen LogP contribution in [0.15, 0.2) is 18.2 Å². The Balaban J connectivity index is 1.67. The van der Waals surface area contributed by atoms with E-state index in [4.69, 9.17) is 9.47 Å². The minimum atomic E-state index is -0.130. The molecule has 1 saturated heterocycles. The Morgan fingerprint density at radius 3 is 3.10 bits per heavy atom. The highest BCUT2D eigenvalue weighted by Crippen LogP contribution is 2.35. The Bertz CT molecular complexity index is 523. The SMILES string of the molecule is CNCCC(=O)NC1NNCC1c1ccc2c(c1)OCO2. The van der Waals surface area contributed by atoms with Gasteiger partial charge < -0.3 is 20.1 Å². The summed E-state index contributed by atoms with van der Waals surface area (Å²) in [6.07, 6.45) is 0.331. The summed E-state index contributed by atoms with van der Waals surface area (Å²) >= 11 is 0. The van der Waals surface area contributed by atoms with Gasteiger partial charge in [-0.25, -0.2) is 5.43 Å². The average Bonchev–Trinajstić information content (AvgIpc) is 3.12. The molecule has 0 saturated carbocycles. The molecule has 1 amide bonds. The van der Waals surface area contributed by atoms with Gasteiger partial charge in [0, 0.05) is 25.4 Å². The molecule has 2 unspecified atom stereocenters. The van der Waals surface area contributed by atoms with E-state index in [1.807, 2.05) is 25.2 Å². The van der Waals surface area contributed by atoms with Crippen LogP contribution >= 0.6 is 0 Å². The fraction of sp³-hybridized carbons (Fsp3) is 0.500. The minimum absolute atomic E-state index is 0.0243. The van der Waals surface area contributed by atoms with E-state index in [2.05, 4.69) is 21.5 Å². The van der Waals surface area contributed by atoms with Crippen LogP contribution in [0.25, 0.3) is 0 Å². The number of nitrogens with one attached hydrogen (secondary N) is 4. The molecule has 0 aliphatic carbocycles. The predicted molar refractivity (Wildman–Crippen MR) is 76.9 cm³/mol. The number of rotatable bonds is 5. The van der Waals surface area contributed by atoms with Crippen LogP contribution < -0.4 is 31.0 Å². The normalized spacial score (nSPS) is 23.3. The summed E-state index contributed by atoms with van der Waals surface area (Å²) in [6.45, 7) is 1.68. The standard InChI is InChI=1S/C14H20N4O3/c1-15-5-4-13(19)17-14-10(7-16-18-14)9-2-3-11-12(6-9)21-8-20-11/h2-3,6,10,14-16,18H,4-5,7-8H2,1H3,(H,17,19). The monoisotopic (exact) mass is 292 g/mol. The molecule has 1 aromatic carbocycles. The first-order chi connectivity index (χ1) is 10.3. The maximum absolute atomic E-state index is 11.9. The van der Waals surface area contributed by atoms with Crippen molar-refractivity contribution in [2.24, 2.45) is 0 Å². The fourth-order valence-corrected chi connectivity index (χ4v) is 2.57. The van der Waals surface area contributed by atoms with Crippen molar-refractivity contribution in [3.05, 3.63) is 23.8 Å². The Morgan fingerprint density at radius 2 is 2.24 bits per heavy atom. The number of ether oxygens (including phenoxy) is 2. The van der Waals surface area contributed by atoms with Gasteiger partial charge in [-0.05, 0) is 24.7 Å². The second-order valence-corrected chi connectivity index (χ2v) is 5.14. The van der Waals surface area contributed by atoms with E-state index in [0.717, 1.165) is 23.6 Å². The molecular formula is C14H20N4O3. The molecule has 7 nitrogen and oxygen atoms in total. The van der Waals surface area contributed by atoms with E-state index in [0.29, 0.717) is 13.0 Å². The Morgan fingerprint density at radius 1 is 1.38 bits per heavy atom. The third-order valence-corrected chi connectivity index (χ3v) is 3.73. The predicted octanol–water partition coefficient (Wildman–Crippen LogP) is -0.341. The molecule has 1 fully saturated rings. The first kappa shape index (κ1) is 14.1. The first-order valence-electron chi connectivity index (χ1n) is 7.10. The van der Waals surface area contributed by atoms with E-state index in [1.54, 1.807) is 0 Å². The topological polar surface area (TPSA) is 83.7 Å². The van der Waals surface area contributed by atoms with Gasteiger partial charge >= 0.3 is 0 Å². The molecule has 114 valence electrons. The molecule has 7 heteroatoms. The number of amides is 1. The molecule has 0 spiro atoms. The summed E-state index contributed by atoms with van der Waals surface area (Å²) in [5, 5.41) is 5.97. The third-order valence-electron chi connectivity index (χ3n) is 3.73. The lowest BCUT2D eigenvalue weighted by molar-refractivity contribution is -0.121. The van der Waals surface area contributed by atoms with E-state index in [1.165, 1.54) is 0 Å². The fourth-order valence-electron chi connectivity index (χ4n) is 2.57. The van der Waals surface area contributed by atoms with E-state index >= 15 is 0 Å². The second-order valence-electron chi connectivity index (χ2n) is 5.14. The van der Waals surface area contributed by atoms with Crippen LogP contribution in [0.3, 0.4) is 0 Å². The van der Waals surface area contributed by atoms with E-state index in [9.17, 15) is 4.79 Å². The number of carbonyl (C=O) groups is 1. The molecular weight excluding hydrogens is 272 g/mol. The number of hydrazine groups is 1. The van der Waals surface area contributed by atoms with Gasteiger partial charge in [-0.1, -0.05) is 6.07 Å². The van der Waals surface area contributed by atoms with Crippen molar-refractivity contribution in [1.29, 1.82) is 0 Å². The van der Waals surface area contributed by atoms with Crippen molar-refractivity contribution in [2.45, 2.75) is 18.5 Å². The zero-order chi connectivity index (χ0) is 14.7. The number of hydrogen-bond donors (Lipinski definition) is 4. The number of hydrogen-bond acceptors (Lipinski definition) is 6. The summed E-state index contributed by atoms with van der Waals surface area (Å²) in [7, 11) is 1.83. The van der Waals surface area contributed by atoms with Crippen LogP contribution in [0.2, 0.25) is 0 Å². The van der Waals surface area contributed by atoms with Gasteiger partial charge in [0.2, 0.25) is 12.7 Å². The van der Waals surface area contributed by atoms with Crippen molar-refractivity contribution >= 4 is 5.91 Å². The molecule has 2 aliphatic heterocycles. The highest BCUT2D eigenvalue weighted by molar-refractivity contribution is 5.76. The molecule has 0 radical (unpaired) electrons. The largest absolute Gasteiger partial charge is 0.454 e. The summed E-state index contributed by atoms with van der Waals surface area (Å²) < 4.78 is 10.7. The van der Waals surface area contributed by atoms with E-state index in [-0.39, 0.29) is 24.8 Å². The number of benzene rings is 1.